The predicted molar refractivity (Wildman–Crippen MR) is 98.3 cm³/mol. The van der Waals surface area contributed by atoms with Crippen LogP contribution in [0.3, 0.4) is 0 Å². The Hall–Kier alpha value is -2.92. The number of nitrogen functional groups attached to an aromatic ring is 1. The van der Waals surface area contributed by atoms with Crippen LogP contribution in [-0.2, 0) is 4.74 Å². The zero-order chi connectivity index (χ0) is 17.2. The maximum Gasteiger partial charge on any atom is 0.254 e. The highest BCUT2D eigenvalue weighted by molar-refractivity contribution is 5.95. The lowest BCUT2D eigenvalue weighted by atomic mass is 10.0. The van der Waals surface area contributed by atoms with Crippen LogP contribution in [0.15, 0.2) is 54.6 Å². The van der Waals surface area contributed by atoms with E-state index in [1.165, 1.54) is 0 Å². The van der Waals surface area contributed by atoms with Gasteiger partial charge in [0.2, 0.25) is 0 Å². The third-order valence-corrected chi connectivity index (χ3v) is 4.49. The van der Waals surface area contributed by atoms with Crippen LogP contribution < -0.4 is 5.73 Å². The van der Waals surface area contributed by atoms with E-state index in [0.717, 1.165) is 22.0 Å². The molecule has 1 fully saturated rings. The molecule has 0 spiro atoms. The van der Waals surface area contributed by atoms with E-state index in [-0.39, 0.29) is 5.91 Å². The summed E-state index contributed by atoms with van der Waals surface area (Å²) in [6.07, 6.45) is 0. The Labute approximate surface area is 146 Å². The van der Waals surface area contributed by atoms with Crippen molar-refractivity contribution in [2.75, 3.05) is 32.0 Å². The number of hydrogen-bond donors (Lipinski definition) is 1. The van der Waals surface area contributed by atoms with Gasteiger partial charge in [-0.25, -0.2) is 4.98 Å². The molecule has 0 unspecified atom stereocenters. The summed E-state index contributed by atoms with van der Waals surface area (Å²) in [4.78, 5) is 18.8. The van der Waals surface area contributed by atoms with E-state index in [0.29, 0.717) is 37.7 Å². The average molecular weight is 333 g/mol. The molecule has 0 atom stereocenters. The standard InChI is InChI=1S/C20H19N3O2/c21-19-17(13-16-3-1-2-4-18(16)22-19)14-5-7-15(8-6-14)20(24)23-9-11-25-12-10-23/h1-8,13H,9-12H2,(H2,21,22). The molecule has 3 aromatic rings. The third-order valence-electron chi connectivity index (χ3n) is 4.49. The molecule has 1 aromatic heterocycles. The number of pyridine rings is 1. The second-order valence-electron chi connectivity index (χ2n) is 6.10. The van der Waals surface area contributed by atoms with Crippen LogP contribution in [0, 0.1) is 0 Å². The number of benzene rings is 2. The number of ether oxygens (including phenoxy) is 1. The first-order valence-electron chi connectivity index (χ1n) is 8.35. The molecule has 126 valence electrons. The number of fused-ring (bicyclic) bond motifs is 1. The molecule has 1 aliphatic heterocycles. The lowest BCUT2D eigenvalue weighted by Gasteiger charge is -2.26. The fourth-order valence-corrected chi connectivity index (χ4v) is 3.10. The van der Waals surface area contributed by atoms with Gasteiger partial charge in [-0.1, -0.05) is 30.3 Å². The largest absolute Gasteiger partial charge is 0.383 e. The van der Waals surface area contributed by atoms with Crippen molar-refractivity contribution in [1.82, 2.24) is 9.88 Å². The first-order valence-corrected chi connectivity index (χ1v) is 8.35. The van der Waals surface area contributed by atoms with Crippen molar-refractivity contribution in [2.45, 2.75) is 0 Å². The number of aromatic nitrogens is 1. The zero-order valence-electron chi connectivity index (χ0n) is 13.8. The molecule has 0 radical (unpaired) electrons. The molecule has 2 aromatic carbocycles. The lowest BCUT2D eigenvalue weighted by molar-refractivity contribution is 0.0303. The van der Waals surface area contributed by atoms with E-state index in [1.54, 1.807) is 0 Å². The number of anilines is 1. The van der Waals surface area contributed by atoms with Crippen molar-refractivity contribution in [1.29, 1.82) is 0 Å². The highest BCUT2D eigenvalue weighted by Gasteiger charge is 2.18. The summed E-state index contributed by atoms with van der Waals surface area (Å²) in [5.41, 5.74) is 9.52. The Balaban J connectivity index is 1.64. The molecular weight excluding hydrogens is 314 g/mol. The van der Waals surface area contributed by atoms with Gasteiger partial charge >= 0.3 is 0 Å². The summed E-state index contributed by atoms with van der Waals surface area (Å²) >= 11 is 0. The van der Waals surface area contributed by atoms with Crippen molar-refractivity contribution in [3.63, 3.8) is 0 Å². The second-order valence-corrected chi connectivity index (χ2v) is 6.10. The SMILES string of the molecule is Nc1nc2ccccc2cc1-c1ccc(C(=O)N2CCOCC2)cc1. The quantitative estimate of drug-likeness (QED) is 0.783. The van der Waals surface area contributed by atoms with Gasteiger partial charge in [0.25, 0.3) is 5.91 Å². The molecule has 0 saturated carbocycles. The van der Waals surface area contributed by atoms with Crippen LogP contribution in [0.4, 0.5) is 5.82 Å². The maximum atomic E-state index is 12.5. The van der Waals surface area contributed by atoms with Crippen molar-refractivity contribution in [3.05, 3.63) is 60.2 Å². The number of morpholine rings is 1. The summed E-state index contributed by atoms with van der Waals surface area (Å²) in [5.74, 6) is 0.533. The maximum absolute atomic E-state index is 12.5. The van der Waals surface area contributed by atoms with E-state index >= 15 is 0 Å². The molecule has 0 aliphatic carbocycles. The average Bonchev–Trinajstić information content (AvgIpc) is 2.68. The van der Waals surface area contributed by atoms with Gasteiger partial charge in [0.05, 0.1) is 18.7 Å². The van der Waals surface area contributed by atoms with Crippen LogP contribution in [0.2, 0.25) is 0 Å². The van der Waals surface area contributed by atoms with Crippen molar-refractivity contribution in [3.8, 4) is 11.1 Å². The molecule has 25 heavy (non-hydrogen) atoms. The van der Waals surface area contributed by atoms with E-state index in [4.69, 9.17) is 10.5 Å². The fraction of sp³-hybridized carbons (Fsp3) is 0.200. The van der Waals surface area contributed by atoms with E-state index in [1.807, 2.05) is 59.5 Å². The van der Waals surface area contributed by atoms with Gasteiger partial charge in [-0.2, -0.15) is 0 Å². The molecule has 4 rings (SSSR count). The fourth-order valence-electron chi connectivity index (χ4n) is 3.10. The predicted octanol–water partition coefficient (Wildman–Crippen LogP) is 2.96. The minimum Gasteiger partial charge on any atom is -0.383 e. The van der Waals surface area contributed by atoms with Crippen molar-refractivity contribution < 1.29 is 9.53 Å². The Morgan fingerprint density at radius 2 is 1.76 bits per heavy atom. The second kappa shape index (κ2) is 6.53. The van der Waals surface area contributed by atoms with E-state index < -0.39 is 0 Å². The van der Waals surface area contributed by atoms with Gasteiger partial charge in [-0.3, -0.25) is 4.79 Å². The normalized spacial score (nSPS) is 14.6. The zero-order valence-corrected chi connectivity index (χ0v) is 13.8. The Morgan fingerprint density at radius 1 is 1.04 bits per heavy atom. The van der Waals surface area contributed by atoms with Crippen LogP contribution in [-0.4, -0.2) is 42.1 Å². The highest BCUT2D eigenvalue weighted by Crippen LogP contribution is 2.28. The number of para-hydroxylation sites is 1. The van der Waals surface area contributed by atoms with Gasteiger partial charge in [-0.15, -0.1) is 0 Å². The number of rotatable bonds is 2. The summed E-state index contributed by atoms with van der Waals surface area (Å²) in [6, 6.07) is 17.5. The molecule has 1 aliphatic rings. The van der Waals surface area contributed by atoms with Crippen LogP contribution in [0.1, 0.15) is 10.4 Å². The van der Waals surface area contributed by atoms with Crippen LogP contribution in [0.25, 0.3) is 22.0 Å². The van der Waals surface area contributed by atoms with Gasteiger partial charge < -0.3 is 15.4 Å². The number of carbonyl (C=O) groups is 1. The smallest absolute Gasteiger partial charge is 0.254 e. The summed E-state index contributed by atoms with van der Waals surface area (Å²) in [5, 5.41) is 1.04. The summed E-state index contributed by atoms with van der Waals surface area (Å²) < 4.78 is 5.30. The van der Waals surface area contributed by atoms with Crippen molar-refractivity contribution in [2.24, 2.45) is 0 Å². The number of carbonyl (C=O) groups excluding carboxylic acids is 1. The topological polar surface area (TPSA) is 68.5 Å². The van der Waals surface area contributed by atoms with Crippen LogP contribution >= 0.6 is 0 Å². The van der Waals surface area contributed by atoms with E-state index in [2.05, 4.69) is 4.98 Å². The first kappa shape index (κ1) is 15.6. The Bertz CT molecular complexity index is 916. The monoisotopic (exact) mass is 333 g/mol. The molecule has 2 heterocycles. The van der Waals surface area contributed by atoms with Gasteiger partial charge in [0.15, 0.2) is 0 Å². The molecule has 2 N–H and O–H groups in total. The molecule has 1 saturated heterocycles. The number of nitrogens with zero attached hydrogens (tertiary/aromatic N) is 2. The molecule has 0 bridgehead atoms. The van der Waals surface area contributed by atoms with Crippen LogP contribution in [0.5, 0.6) is 0 Å². The Kier molecular flexibility index (Phi) is 4.07. The number of amides is 1. The third kappa shape index (κ3) is 3.06. The van der Waals surface area contributed by atoms with E-state index in [9.17, 15) is 4.79 Å². The molecule has 5 nitrogen and oxygen atoms in total. The summed E-state index contributed by atoms with van der Waals surface area (Å²) in [7, 11) is 0. The first-order chi connectivity index (χ1) is 12.2. The molecule has 5 heteroatoms. The molecule has 1 amide bonds. The number of nitrogens with two attached hydrogens (primary N) is 1. The minimum atomic E-state index is 0.0412. The number of hydrogen-bond acceptors (Lipinski definition) is 4. The summed E-state index contributed by atoms with van der Waals surface area (Å²) in [6.45, 7) is 2.48. The highest BCUT2D eigenvalue weighted by atomic mass is 16.5. The van der Waals surface area contributed by atoms with Crippen molar-refractivity contribution >= 4 is 22.6 Å². The lowest BCUT2D eigenvalue weighted by Crippen LogP contribution is -2.40. The molecular formula is C20H19N3O2. The van der Waals surface area contributed by atoms with Gasteiger partial charge in [-0.05, 0) is 29.8 Å². The minimum absolute atomic E-state index is 0.0412. The Morgan fingerprint density at radius 3 is 2.52 bits per heavy atom. The van der Waals surface area contributed by atoms with Gasteiger partial charge in [0.1, 0.15) is 5.82 Å². The van der Waals surface area contributed by atoms with Gasteiger partial charge in [0, 0.05) is 29.6 Å².